The molecule has 0 heterocycles. The van der Waals surface area contributed by atoms with Crippen LogP contribution in [-0.4, -0.2) is 61.6 Å². The molecule has 0 saturated carbocycles. The highest BCUT2D eigenvalue weighted by molar-refractivity contribution is 7.40. The minimum atomic E-state index is -3.02. The molecule has 0 aliphatic rings. The molecule has 0 bridgehead atoms. The Bertz CT molecular complexity index is 528. The molecule has 0 unspecified atom stereocenters. The Kier molecular flexibility index (Phi) is 16.6. The highest BCUT2D eigenvalue weighted by Gasteiger charge is 2.80. The first-order chi connectivity index (χ1) is 17.2. The minimum Gasteiger partial charge on any atom is -0.328 e. The van der Waals surface area contributed by atoms with Crippen molar-refractivity contribution in [3.05, 3.63) is 0 Å². The zero-order valence-electron chi connectivity index (χ0n) is 23.2. The smallest absolute Gasteiger partial charge is 0.327 e. The summed E-state index contributed by atoms with van der Waals surface area (Å²) in [5.41, 5.74) is -8.40. The molecule has 8 N–H and O–H groups in total. The molecule has 0 atom stereocenters. The molecule has 12 nitrogen and oxygen atoms in total. The lowest BCUT2D eigenvalue weighted by atomic mass is 9.42. The Hall–Kier alpha value is 1.24. The molecule has 0 spiro atoms. The molecule has 37 heavy (non-hydrogen) atoms. The van der Waals surface area contributed by atoms with Crippen LogP contribution in [0.1, 0.15) is 107 Å². The van der Waals surface area contributed by atoms with E-state index in [4.69, 9.17) is 18.1 Å². The van der Waals surface area contributed by atoms with E-state index in [0.29, 0.717) is 0 Å². The van der Waals surface area contributed by atoms with Crippen molar-refractivity contribution in [3.63, 3.8) is 0 Å². The van der Waals surface area contributed by atoms with Gasteiger partial charge in [0.25, 0.3) is 0 Å². The lowest BCUT2D eigenvalue weighted by Gasteiger charge is -2.71. The van der Waals surface area contributed by atoms with Crippen LogP contribution in [-0.2, 0) is 18.1 Å². The van der Waals surface area contributed by atoms with Crippen LogP contribution in [0.25, 0.3) is 0 Å². The average Bonchev–Trinajstić information content (AvgIpc) is 2.84. The van der Waals surface area contributed by atoms with Gasteiger partial charge in [0.2, 0.25) is 0 Å². The van der Waals surface area contributed by atoms with Crippen molar-refractivity contribution in [2.24, 2.45) is 5.41 Å². The zero-order chi connectivity index (χ0) is 29.3. The average molecular weight is 616 g/mol. The van der Waals surface area contributed by atoms with E-state index in [9.17, 15) is 39.1 Å². The minimum absolute atomic E-state index is 0.0864. The van der Waals surface area contributed by atoms with Crippen molar-refractivity contribution in [3.8, 4) is 0 Å². The summed E-state index contributed by atoms with van der Waals surface area (Å²) in [5.74, 6) is 0. The predicted molar refractivity (Wildman–Crippen MR) is 145 cm³/mol. The largest absolute Gasteiger partial charge is 0.328 e. The lowest BCUT2D eigenvalue weighted by Crippen LogP contribution is -2.81. The normalized spacial score (nSPS) is 14.6. The molecule has 16 heteroatoms. The molecule has 0 aromatic carbocycles. The van der Waals surface area contributed by atoms with Gasteiger partial charge in [0.05, 0.1) is 27.8 Å². The molecule has 0 aliphatic carbocycles. The van der Waals surface area contributed by atoms with Gasteiger partial charge < -0.3 is 57.2 Å². The van der Waals surface area contributed by atoms with Crippen LogP contribution < -0.4 is 0 Å². The Morgan fingerprint density at radius 1 is 0.351 bits per heavy atom. The molecule has 0 aromatic heterocycles. The summed E-state index contributed by atoms with van der Waals surface area (Å²) in [6.07, 6.45) is 0.692. The summed E-state index contributed by atoms with van der Waals surface area (Å²) in [6, 6.07) is 0. The van der Waals surface area contributed by atoms with Gasteiger partial charge in [-0.05, 0) is 51.4 Å². The third kappa shape index (κ3) is 7.01. The molecule has 0 aromatic rings. The predicted octanol–water partition coefficient (Wildman–Crippen LogP) is 5.12. The van der Waals surface area contributed by atoms with Crippen molar-refractivity contribution >= 4 is 34.4 Å². The zero-order valence-corrected chi connectivity index (χ0v) is 26.7. The first kappa shape index (κ1) is 38.2. The first-order valence-electron chi connectivity index (χ1n) is 12.6. The SMILES string of the molecule is CCC(CC)(OP(O)O)C(C(CC)(CC)OP(O)O)(C(CC)(CC)OP(O)O)C(CC)(CC)OP(O)O. The van der Waals surface area contributed by atoms with Gasteiger partial charge in [-0.15, -0.1) is 0 Å². The van der Waals surface area contributed by atoms with Crippen molar-refractivity contribution in [1.29, 1.82) is 0 Å². The summed E-state index contributed by atoms with van der Waals surface area (Å²) >= 11 is 0. The van der Waals surface area contributed by atoms with Crippen molar-refractivity contribution in [2.75, 3.05) is 0 Å². The highest BCUT2D eigenvalue weighted by atomic mass is 31.2. The summed E-state index contributed by atoms with van der Waals surface area (Å²) in [7, 11) is -12.1. The fourth-order valence-electron chi connectivity index (χ4n) is 7.03. The van der Waals surface area contributed by atoms with Gasteiger partial charge >= 0.3 is 34.4 Å². The summed E-state index contributed by atoms with van der Waals surface area (Å²) < 4.78 is 24.2. The van der Waals surface area contributed by atoms with Gasteiger partial charge in [0.1, 0.15) is 0 Å². The second-order valence-electron chi connectivity index (χ2n) is 8.93. The Morgan fingerprint density at radius 3 is 0.568 bits per heavy atom. The maximum absolute atomic E-state index is 10.3. The Balaban J connectivity index is 8.86. The van der Waals surface area contributed by atoms with Crippen LogP contribution in [0.2, 0.25) is 0 Å². The maximum atomic E-state index is 10.3. The molecule has 0 amide bonds. The Morgan fingerprint density at radius 2 is 0.486 bits per heavy atom. The van der Waals surface area contributed by atoms with E-state index in [0.717, 1.165) is 0 Å². The van der Waals surface area contributed by atoms with Gasteiger partial charge in [-0.25, -0.2) is 0 Å². The molecule has 0 rings (SSSR count). The number of hydrogen-bond donors (Lipinski definition) is 8. The fraction of sp³-hybridized carbons (Fsp3) is 1.00. The lowest BCUT2D eigenvalue weighted by molar-refractivity contribution is -0.329. The van der Waals surface area contributed by atoms with Crippen LogP contribution in [0.5, 0.6) is 0 Å². The fourth-order valence-corrected chi connectivity index (χ4v) is 9.86. The second-order valence-corrected chi connectivity index (χ2v) is 11.7. The third-order valence-corrected chi connectivity index (χ3v) is 10.4. The highest BCUT2D eigenvalue weighted by Crippen LogP contribution is 2.73. The van der Waals surface area contributed by atoms with E-state index in [1.165, 1.54) is 0 Å². The molecule has 0 fully saturated rings. The molecule has 0 radical (unpaired) electrons. The van der Waals surface area contributed by atoms with E-state index >= 15 is 0 Å². The molecule has 0 saturated heterocycles. The van der Waals surface area contributed by atoms with E-state index < -0.39 is 62.2 Å². The van der Waals surface area contributed by atoms with Gasteiger partial charge in [-0.2, -0.15) is 0 Å². The van der Waals surface area contributed by atoms with E-state index in [1.807, 2.05) is 0 Å². The van der Waals surface area contributed by atoms with Crippen LogP contribution in [0.4, 0.5) is 0 Å². The first-order valence-corrected chi connectivity index (χ1v) is 17.3. The van der Waals surface area contributed by atoms with Gasteiger partial charge in [-0.3, -0.25) is 0 Å². The Labute approximate surface area is 226 Å². The van der Waals surface area contributed by atoms with Crippen LogP contribution in [0.3, 0.4) is 0 Å². The quantitative estimate of drug-likeness (QED) is 0.0842. The number of hydrogen-bond acceptors (Lipinski definition) is 12. The monoisotopic (exact) mass is 616 g/mol. The van der Waals surface area contributed by atoms with E-state index in [-0.39, 0.29) is 51.4 Å². The third-order valence-electron chi connectivity index (χ3n) is 8.33. The van der Waals surface area contributed by atoms with Crippen LogP contribution >= 0.6 is 34.4 Å². The second kappa shape index (κ2) is 16.0. The summed E-state index contributed by atoms with van der Waals surface area (Å²) in [5, 5.41) is 0. The van der Waals surface area contributed by atoms with Crippen molar-refractivity contribution in [1.82, 2.24) is 0 Å². The van der Waals surface area contributed by atoms with Gasteiger partial charge in [-0.1, -0.05) is 55.4 Å². The molecule has 224 valence electrons. The molecule has 0 aliphatic heterocycles. The van der Waals surface area contributed by atoms with Crippen LogP contribution in [0.15, 0.2) is 0 Å². The van der Waals surface area contributed by atoms with Crippen LogP contribution in [0, 0.1) is 5.41 Å². The summed E-state index contributed by atoms with van der Waals surface area (Å²) in [6.45, 7) is 13.9. The summed E-state index contributed by atoms with van der Waals surface area (Å²) in [4.78, 5) is 82.3. The van der Waals surface area contributed by atoms with E-state index in [1.54, 1.807) is 55.4 Å². The van der Waals surface area contributed by atoms with E-state index in [2.05, 4.69) is 0 Å². The van der Waals surface area contributed by atoms with Crippen molar-refractivity contribution in [2.45, 2.75) is 129 Å². The molecular formula is C21H48O12P4. The van der Waals surface area contributed by atoms with Gasteiger partial charge in [0.15, 0.2) is 0 Å². The number of rotatable bonds is 20. The van der Waals surface area contributed by atoms with Gasteiger partial charge in [0, 0.05) is 0 Å². The maximum Gasteiger partial charge on any atom is 0.327 e. The standard InChI is InChI=1S/C21H48O12P4/c1-9-17(10-2,30-34(22)23)21(18(11-3,12-4)31-35(24)25,19(13-5,14-6)32-36(26)27)20(15-7,16-8)33-37(28)29/h22-29H,9-16H2,1-8H3. The molecular weight excluding hydrogens is 568 g/mol. The van der Waals surface area contributed by atoms with Crippen molar-refractivity contribution < 1.29 is 57.2 Å². The topological polar surface area (TPSA) is 199 Å².